The minimum Gasteiger partial charge on any atom is -0.371 e. The summed E-state index contributed by atoms with van der Waals surface area (Å²) in [5, 5.41) is 2.86. The van der Waals surface area contributed by atoms with Crippen LogP contribution in [0.15, 0.2) is 48.5 Å². The van der Waals surface area contributed by atoms with E-state index in [1.165, 1.54) is 41.6 Å². The fourth-order valence-electron chi connectivity index (χ4n) is 5.39. The maximum atomic E-state index is 13.0. The topological polar surface area (TPSA) is 52.7 Å². The van der Waals surface area contributed by atoms with Crippen LogP contribution in [0.1, 0.15) is 36.0 Å². The van der Waals surface area contributed by atoms with Gasteiger partial charge in [0, 0.05) is 25.3 Å². The van der Waals surface area contributed by atoms with E-state index in [0.29, 0.717) is 19.4 Å². The smallest absolute Gasteiger partial charge is 0.246 e. The molecular formula is C25H29N3O2. The van der Waals surface area contributed by atoms with Crippen LogP contribution in [0, 0.1) is 0 Å². The number of fused-ring (bicyclic) bond motifs is 1. The summed E-state index contributed by atoms with van der Waals surface area (Å²) in [4.78, 5) is 30.1. The Balaban J connectivity index is 1.32. The molecular weight excluding hydrogens is 374 g/mol. The number of carbonyl (C=O) groups excluding carboxylic acids is 2. The van der Waals surface area contributed by atoms with Crippen molar-refractivity contribution in [3.8, 4) is 0 Å². The molecule has 1 aliphatic carbocycles. The van der Waals surface area contributed by atoms with Gasteiger partial charge in [0.2, 0.25) is 11.8 Å². The minimum atomic E-state index is -0.711. The second-order valence-corrected chi connectivity index (χ2v) is 8.79. The van der Waals surface area contributed by atoms with Gasteiger partial charge in [0.25, 0.3) is 0 Å². The number of nitrogens with zero attached hydrogens (tertiary/aromatic N) is 2. The van der Waals surface area contributed by atoms with Crippen LogP contribution in [0.2, 0.25) is 0 Å². The lowest BCUT2D eigenvalue weighted by Crippen LogP contribution is -2.70. The normalized spacial score (nSPS) is 20.4. The van der Waals surface area contributed by atoms with Crippen LogP contribution in [0.4, 0.5) is 5.69 Å². The van der Waals surface area contributed by atoms with Crippen LogP contribution in [-0.4, -0.2) is 48.4 Å². The molecule has 2 aliphatic heterocycles. The van der Waals surface area contributed by atoms with E-state index in [2.05, 4.69) is 40.5 Å². The first-order chi connectivity index (χ1) is 14.7. The molecule has 3 aliphatic rings. The van der Waals surface area contributed by atoms with Crippen molar-refractivity contribution >= 4 is 17.5 Å². The molecule has 2 saturated heterocycles. The lowest BCUT2D eigenvalue weighted by atomic mass is 9.82. The van der Waals surface area contributed by atoms with Crippen molar-refractivity contribution in [2.45, 2.75) is 44.1 Å². The lowest BCUT2D eigenvalue weighted by Gasteiger charge is -2.50. The van der Waals surface area contributed by atoms with E-state index >= 15 is 0 Å². The number of carbonyl (C=O) groups is 2. The molecule has 156 valence electrons. The number of rotatable bonds is 4. The molecule has 0 aromatic heterocycles. The van der Waals surface area contributed by atoms with Crippen LogP contribution in [0.25, 0.3) is 0 Å². The Morgan fingerprint density at radius 2 is 1.70 bits per heavy atom. The van der Waals surface area contributed by atoms with Crippen molar-refractivity contribution in [3.63, 3.8) is 0 Å². The van der Waals surface area contributed by atoms with Gasteiger partial charge in [-0.3, -0.25) is 9.59 Å². The van der Waals surface area contributed by atoms with Gasteiger partial charge in [-0.1, -0.05) is 36.4 Å². The Morgan fingerprint density at radius 3 is 2.50 bits per heavy atom. The zero-order valence-corrected chi connectivity index (χ0v) is 17.4. The summed E-state index contributed by atoms with van der Waals surface area (Å²) in [5.74, 6) is 0.0558. The first-order valence-electron chi connectivity index (χ1n) is 11.2. The first-order valence-corrected chi connectivity index (χ1v) is 11.2. The molecule has 5 heteroatoms. The van der Waals surface area contributed by atoms with Gasteiger partial charge in [0.05, 0.1) is 6.54 Å². The van der Waals surface area contributed by atoms with E-state index in [-0.39, 0.29) is 18.4 Å². The molecule has 5 nitrogen and oxygen atoms in total. The average molecular weight is 404 g/mol. The van der Waals surface area contributed by atoms with E-state index in [1.807, 2.05) is 23.1 Å². The van der Waals surface area contributed by atoms with Crippen LogP contribution >= 0.6 is 0 Å². The van der Waals surface area contributed by atoms with E-state index in [4.69, 9.17) is 0 Å². The highest BCUT2D eigenvalue weighted by molar-refractivity contribution is 5.98. The summed E-state index contributed by atoms with van der Waals surface area (Å²) in [7, 11) is 0. The van der Waals surface area contributed by atoms with Crippen LogP contribution < -0.4 is 10.2 Å². The van der Waals surface area contributed by atoms with Crippen molar-refractivity contribution in [3.05, 3.63) is 65.2 Å². The predicted molar refractivity (Wildman–Crippen MR) is 118 cm³/mol. The Kier molecular flexibility index (Phi) is 4.97. The third kappa shape index (κ3) is 3.36. The Morgan fingerprint density at radius 1 is 0.933 bits per heavy atom. The number of anilines is 1. The van der Waals surface area contributed by atoms with Crippen molar-refractivity contribution in [2.24, 2.45) is 0 Å². The quantitative estimate of drug-likeness (QED) is 0.854. The zero-order chi connectivity index (χ0) is 20.6. The highest BCUT2D eigenvalue weighted by Crippen LogP contribution is 2.35. The van der Waals surface area contributed by atoms with Crippen molar-refractivity contribution in [2.75, 3.05) is 31.1 Å². The summed E-state index contributed by atoms with van der Waals surface area (Å²) in [6, 6.07) is 17.0. The molecule has 0 saturated carbocycles. The monoisotopic (exact) mass is 403 g/mol. The molecule has 5 rings (SSSR count). The maximum absolute atomic E-state index is 13.0. The number of nitrogens with one attached hydrogen (secondary N) is 1. The van der Waals surface area contributed by atoms with E-state index in [9.17, 15) is 9.59 Å². The largest absolute Gasteiger partial charge is 0.371 e. The van der Waals surface area contributed by atoms with E-state index < -0.39 is 5.54 Å². The molecule has 2 aromatic carbocycles. The number of hydrogen-bond donors (Lipinski definition) is 1. The van der Waals surface area contributed by atoms with Gasteiger partial charge in [-0.05, 0) is 67.3 Å². The van der Waals surface area contributed by atoms with Gasteiger partial charge < -0.3 is 15.1 Å². The summed E-state index contributed by atoms with van der Waals surface area (Å²) in [5.41, 5.74) is 4.70. The standard InChI is InChI=1S/C25H29N3O2/c29-23-18-26-24(30)25(28(23)14-11-19-5-2-1-3-6-19)12-15-27(16-13-25)22-10-9-20-7-4-8-21(20)17-22/h1-3,5-6,9-10,17H,4,7-8,11-16,18H2,(H,26,30). The molecule has 2 heterocycles. The van der Waals surface area contributed by atoms with Crippen molar-refractivity contribution in [1.29, 1.82) is 0 Å². The molecule has 0 bridgehead atoms. The molecule has 1 N–H and O–H groups in total. The zero-order valence-electron chi connectivity index (χ0n) is 17.4. The fraction of sp³-hybridized carbons (Fsp3) is 0.440. The summed E-state index contributed by atoms with van der Waals surface area (Å²) >= 11 is 0. The molecule has 0 radical (unpaired) electrons. The van der Waals surface area contributed by atoms with Crippen LogP contribution in [0.3, 0.4) is 0 Å². The average Bonchev–Trinajstić information content (AvgIpc) is 3.26. The second-order valence-electron chi connectivity index (χ2n) is 8.79. The fourth-order valence-corrected chi connectivity index (χ4v) is 5.39. The van der Waals surface area contributed by atoms with Gasteiger partial charge in [-0.15, -0.1) is 0 Å². The summed E-state index contributed by atoms with van der Waals surface area (Å²) < 4.78 is 0. The second kappa shape index (κ2) is 7.78. The molecule has 30 heavy (non-hydrogen) atoms. The first kappa shape index (κ1) is 19.2. The van der Waals surface area contributed by atoms with Gasteiger partial charge in [-0.2, -0.15) is 0 Å². The molecule has 2 amide bonds. The van der Waals surface area contributed by atoms with E-state index in [1.54, 1.807) is 0 Å². The van der Waals surface area contributed by atoms with Crippen molar-refractivity contribution < 1.29 is 9.59 Å². The van der Waals surface area contributed by atoms with Crippen LogP contribution in [0.5, 0.6) is 0 Å². The number of aryl methyl sites for hydroxylation is 2. The van der Waals surface area contributed by atoms with Gasteiger partial charge in [-0.25, -0.2) is 0 Å². The lowest BCUT2D eigenvalue weighted by molar-refractivity contribution is -0.155. The van der Waals surface area contributed by atoms with Crippen LogP contribution in [-0.2, 0) is 28.9 Å². The summed E-state index contributed by atoms with van der Waals surface area (Å²) in [6.07, 6.45) is 5.74. The Hall–Kier alpha value is -2.82. The Labute approximate surface area is 178 Å². The SMILES string of the molecule is O=C1CNC(=O)C2(CCN(c3ccc4c(c3)CCC4)CC2)N1CCc1ccccc1. The highest BCUT2D eigenvalue weighted by atomic mass is 16.2. The third-order valence-electron chi connectivity index (χ3n) is 7.15. The number of piperazine rings is 1. The number of hydrogen-bond acceptors (Lipinski definition) is 3. The molecule has 0 atom stereocenters. The highest BCUT2D eigenvalue weighted by Gasteiger charge is 2.50. The van der Waals surface area contributed by atoms with E-state index in [0.717, 1.165) is 19.5 Å². The van der Waals surface area contributed by atoms with Gasteiger partial charge in [0.1, 0.15) is 5.54 Å². The van der Waals surface area contributed by atoms with Gasteiger partial charge >= 0.3 is 0 Å². The molecule has 0 unspecified atom stereocenters. The van der Waals surface area contributed by atoms with Crippen molar-refractivity contribution in [1.82, 2.24) is 10.2 Å². The molecule has 1 spiro atoms. The molecule has 2 fully saturated rings. The Bertz CT molecular complexity index is 948. The maximum Gasteiger partial charge on any atom is 0.246 e. The minimum absolute atomic E-state index is 0.0174. The molecule has 2 aromatic rings. The summed E-state index contributed by atoms with van der Waals surface area (Å²) in [6.45, 7) is 2.29. The third-order valence-corrected chi connectivity index (χ3v) is 7.15. The number of piperidine rings is 1. The number of benzene rings is 2. The number of amides is 2. The predicted octanol–water partition coefficient (Wildman–Crippen LogP) is 2.72. The van der Waals surface area contributed by atoms with Gasteiger partial charge in [0.15, 0.2) is 0 Å².